The summed E-state index contributed by atoms with van der Waals surface area (Å²) in [5.74, 6) is -0.158. The third-order valence-electron chi connectivity index (χ3n) is 3.61. The molecular weight excluding hydrogens is 222 g/mol. The van der Waals surface area contributed by atoms with Gasteiger partial charge in [-0.15, -0.1) is 0 Å². The predicted octanol–water partition coefficient (Wildman–Crippen LogP) is 0.149. The summed E-state index contributed by atoms with van der Waals surface area (Å²) in [6, 6.07) is 0. The molecule has 6 heteroatoms. The van der Waals surface area contributed by atoms with Gasteiger partial charge in [-0.2, -0.15) is 0 Å². The molecule has 2 fully saturated rings. The molecule has 2 rings (SSSR count). The number of nitrogens with two attached hydrogens (primary N) is 1. The maximum absolute atomic E-state index is 12.3. The first-order valence-corrected chi connectivity index (χ1v) is 5.88. The average molecular weight is 241 g/mol. The number of rotatable bonds is 2. The summed E-state index contributed by atoms with van der Waals surface area (Å²) in [4.78, 5) is 14.1. The van der Waals surface area contributed by atoms with Gasteiger partial charge in [0.05, 0.1) is 12.2 Å². The molecule has 17 heavy (non-hydrogen) atoms. The topological polar surface area (TPSA) is 88.2 Å². The van der Waals surface area contributed by atoms with E-state index in [9.17, 15) is 4.79 Å². The summed E-state index contributed by atoms with van der Waals surface area (Å²) in [5, 5.41) is 11.6. The minimum Gasteiger partial charge on any atom is -0.409 e. The van der Waals surface area contributed by atoms with E-state index in [1.807, 2.05) is 0 Å². The first kappa shape index (κ1) is 12.2. The molecule has 2 bridgehead atoms. The summed E-state index contributed by atoms with van der Waals surface area (Å²) < 4.78 is 5.67. The number of hydrogen-bond donors (Lipinski definition) is 2. The smallest absolute Gasteiger partial charge is 0.236 e. The van der Waals surface area contributed by atoms with Crippen LogP contribution < -0.4 is 5.73 Å². The standard InChI is InChI=1S/C11H19N3O3/c1-11(2,9(12)13-16)10(15)14-5-7-3-4-8(6-14)17-7/h7-8,16H,3-6H2,1-2H3,(H2,12,13). The van der Waals surface area contributed by atoms with Crippen LogP contribution in [0.15, 0.2) is 5.16 Å². The first-order valence-electron chi connectivity index (χ1n) is 5.88. The maximum atomic E-state index is 12.3. The predicted molar refractivity (Wildman–Crippen MR) is 61.7 cm³/mol. The normalized spacial score (nSPS) is 29.5. The molecular formula is C11H19N3O3. The van der Waals surface area contributed by atoms with Crippen LogP contribution in [0.25, 0.3) is 0 Å². The van der Waals surface area contributed by atoms with Crippen molar-refractivity contribution in [3.05, 3.63) is 0 Å². The minimum atomic E-state index is -0.967. The number of morpholine rings is 1. The zero-order valence-electron chi connectivity index (χ0n) is 10.2. The lowest BCUT2D eigenvalue weighted by Crippen LogP contribution is -2.53. The van der Waals surface area contributed by atoms with Gasteiger partial charge >= 0.3 is 0 Å². The van der Waals surface area contributed by atoms with Crippen LogP contribution in [0, 0.1) is 5.41 Å². The van der Waals surface area contributed by atoms with Crippen LogP contribution in [0.4, 0.5) is 0 Å². The van der Waals surface area contributed by atoms with Gasteiger partial charge in [0.1, 0.15) is 5.41 Å². The van der Waals surface area contributed by atoms with E-state index in [2.05, 4.69) is 5.16 Å². The lowest BCUT2D eigenvalue weighted by molar-refractivity contribution is -0.145. The van der Waals surface area contributed by atoms with Crippen molar-refractivity contribution in [2.45, 2.75) is 38.9 Å². The highest BCUT2D eigenvalue weighted by atomic mass is 16.5. The second-order valence-electron chi connectivity index (χ2n) is 5.28. The van der Waals surface area contributed by atoms with E-state index in [1.54, 1.807) is 18.7 Å². The molecule has 0 radical (unpaired) electrons. The fraction of sp³-hybridized carbons (Fsp3) is 0.818. The Balaban J connectivity index is 2.10. The molecule has 0 saturated carbocycles. The molecule has 96 valence electrons. The van der Waals surface area contributed by atoms with E-state index in [-0.39, 0.29) is 24.0 Å². The molecule has 2 aliphatic rings. The monoisotopic (exact) mass is 241 g/mol. The number of hydrogen-bond acceptors (Lipinski definition) is 4. The van der Waals surface area contributed by atoms with Crippen LogP contribution in [0.2, 0.25) is 0 Å². The Morgan fingerprint density at radius 1 is 1.41 bits per heavy atom. The van der Waals surface area contributed by atoms with Crippen molar-refractivity contribution in [1.82, 2.24) is 4.90 Å². The molecule has 3 N–H and O–H groups in total. The zero-order valence-corrected chi connectivity index (χ0v) is 10.2. The van der Waals surface area contributed by atoms with Gasteiger partial charge in [-0.3, -0.25) is 4.79 Å². The van der Waals surface area contributed by atoms with E-state index in [0.717, 1.165) is 12.8 Å². The number of amidine groups is 1. The van der Waals surface area contributed by atoms with Crippen LogP contribution in [0.3, 0.4) is 0 Å². The maximum Gasteiger partial charge on any atom is 0.236 e. The average Bonchev–Trinajstić information content (AvgIpc) is 2.66. The highest BCUT2D eigenvalue weighted by Gasteiger charge is 2.42. The minimum absolute atomic E-state index is 0.0543. The molecule has 2 atom stereocenters. The van der Waals surface area contributed by atoms with Gasteiger partial charge in [-0.05, 0) is 26.7 Å². The third-order valence-corrected chi connectivity index (χ3v) is 3.61. The van der Waals surface area contributed by atoms with Crippen LogP contribution in [-0.4, -0.2) is 47.1 Å². The second-order valence-corrected chi connectivity index (χ2v) is 5.28. The van der Waals surface area contributed by atoms with Crippen LogP contribution >= 0.6 is 0 Å². The summed E-state index contributed by atoms with van der Waals surface area (Å²) in [6.07, 6.45) is 2.33. The Hall–Kier alpha value is -1.30. The fourth-order valence-electron chi connectivity index (χ4n) is 2.41. The summed E-state index contributed by atoms with van der Waals surface area (Å²) in [6.45, 7) is 4.55. The Morgan fingerprint density at radius 2 is 1.94 bits per heavy atom. The number of oxime groups is 1. The number of likely N-dealkylation sites (tertiary alicyclic amines) is 1. The first-order chi connectivity index (χ1) is 7.95. The van der Waals surface area contributed by atoms with E-state index in [1.165, 1.54) is 0 Å². The van der Waals surface area contributed by atoms with Gasteiger partial charge in [-0.1, -0.05) is 5.16 Å². The highest BCUT2D eigenvalue weighted by molar-refractivity contribution is 6.05. The van der Waals surface area contributed by atoms with Crippen molar-refractivity contribution in [1.29, 1.82) is 0 Å². The van der Waals surface area contributed by atoms with Crippen molar-refractivity contribution in [2.24, 2.45) is 16.3 Å². The largest absolute Gasteiger partial charge is 0.409 e. The molecule has 0 spiro atoms. The molecule has 0 aliphatic carbocycles. The second kappa shape index (κ2) is 4.18. The SMILES string of the molecule is CC(C)(C(=O)N1CC2CCC(C1)O2)C(N)=NO. The molecule has 0 aromatic rings. The molecule has 2 aliphatic heterocycles. The van der Waals surface area contributed by atoms with Crippen LogP contribution in [0.5, 0.6) is 0 Å². The van der Waals surface area contributed by atoms with Gasteiger partial charge < -0.3 is 20.6 Å². The lowest BCUT2D eigenvalue weighted by Gasteiger charge is -2.36. The Kier molecular flexibility index (Phi) is 2.99. The van der Waals surface area contributed by atoms with E-state index in [0.29, 0.717) is 13.1 Å². The summed E-state index contributed by atoms with van der Waals surface area (Å²) >= 11 is 0. The number of ether oxygens (including phenoxy) is 1. The molecule has 2 heterocycles. The van der Waals surface area contributed by atoms with E-state index >= 15 is 0 Å². The quantitative estimate of drug-likeness (QED) is 0.312. The van der Waals surface area contributed by atoms with Crippen molar-refractivity contribution < 1.29 is 14.7 Å². The summed E-state index contributed by atoms with van der Waals surface area (Å²) in [7, 11) is 0. The molecule has 1 amide bonds. The molecule has 2 saturated heterocycles. The third kappa shape index (κ3) is 2.09. The number of carbonyl (C=O) groups excluding carboxylic acids is 1. The Labute approximate surface area is 100 Å². The molecule has 2 unspecified atom stereocenters. The van der Waals surface area contributed by atoms with Gasteiger partial charge in [-0.25, -0.2) is 0 Å². The Bertz CT molecular complexity index is 342. The van der Waals surface area contributed by atoms with Crippen molar-refractivity contribution in [3.8, 4) is 0 Å². The van der Waals surface area contributed by atoms with Gasteiger partial charge in [0, 0.05) is 13.1 Å². The van der Waals surface area contributed by atoms with Crippen LogP contribution in [-0.2, 0) is 9.53 Å². The zero-order chi connectivity index (χ0) is 12.6. The van der Waals surface area contributed by atoms with Gasteiger partial charge in [0.25, 0.3) is 0 Å². The lowest BCUT2D eigenvalue weighted by atomic mass is 9.90. The molecule has 0 aromatic heterocycles. The van der Waals surface area contributed by atoms with Crippen molar-refractivity contribution in [3.63, 3.8) is 0 Å². The van der Waals surface area contributed by atoms with Gasteiger partial charge in [0.15, 0.2) is 5.84 Å². The van der Waals surface area contributed by atoms with E-state index in [4.69, 9.17) is 15.7 Å². The molecule has 6 nitrogen and oxygen atoms in total. The summed E-state index contributed by atoms with van der Waals surface area (Å²) in [5.41, 5.74) is 4.60. The number of nitrogens with zero attached hydrogens (tertiary/aromatic N) is 2. The molecule has 0 aromatic carbocycles. The fourth-order valence-corrected chi connectivity index (χ4v) is 2.41. The van der Waals surface area contributed by atoms with E-state index < -0.39 is 5.41 Å². The highest BCUT2D eigenvalue weighted by Crippen LogP contribution is 2.29. The van der Waals surface area contributed by atoms with Crippen molar-refractivity contribution in [2.75, 3.05) is 13.1 Å². The van der Waals surface area contributed by atoms with Crippen molar-refractivity contribution >= 4 is 11.7 Å². The van der Waals surface area contributed by atoms with Crippen LogP contribution in [0.1, 0.15) is 26.7 Å². The number of amides is 1. The number of fused-ring (bicyclic) bond motifs is 2. The van der Waals surface area contributed by atoms with Gasteiger partial charge in [0.2, 0.25) is 5.91 Å². The number of carbonyl (C=O) groups is 1. The Morgan fingerprint density at radius 3 is 2.41 bits per heavy atom.